The van der Waals surface area contributed by atoms with Crippen LogP contribution in [0.15, 0.2) is 29.2 Å². The number of carbonyl (C=O) groups is 2. The number of anilines is 1. The maximum Gasteiger partial charge on any atom is 0.238 e. The SMILES string of the molecule is CCCN(C(=O)CN(C)CC(=O)Nc1ccccc1SC)[C@@H]1CCS(=O)(=O)C1. The first-order chi connectivity index (χ1) is 13.3. The number of benzene rings is 1. The van der Waals surface area contributed by atoms with Gasteiger partial charge in [0.25, 0.3) is 0 Å². The quantitative estimate of drug-likeness (QED) is 0.604. The second-order valence-corrected chi connectivity index (χ2v) is 10.1. The number of hydrogen-bond donors (Lipinski definition) is 1. The maximum absolute atomic E-state index is 12.7. The zero-order chi connectivity index (χ0) is 20.7. The van der Waals surface area contributed by atoms with Crippen molar-refractivity contribution in [3.05, 3.63) is 24.3 Å². The molecule has 0 bridgehead atoms. The van der Waals surface area contributed by atoms with Crippen molar-refractivity contribution < 1.29 is 18.0 Å². The molecule has 1 atom stereocenters. The lowest BCUT2D eigenvalue weighted by Crippen LogP contribution is -2.47. The molecule has 1 aromatic rings. The van der Waals surface area contributed by atoms with Crippen molar-refractivity contribution in [1.82, 2.24) is 9.80 Å². The molecule has 1 N–H and O–H groups in total. The van der Waals surface area contributed by atoms with Gasteiger partial charge in [0.2, 0.25) is 11.8 Å². The Bertz CT molecular complexity index is 798. The highest BCUT2D eigenvalue weighted by Crippen LogP contribution is 2.24. The normalized spacial score (nSPS) is 18.2. The van der Waals surface area contributed by atoms with Crippen LogP contribution in [-0.4, -0.2) is 80.5 Å². The summed E-state index contributed by atoms with van der Waals surface area (Å²) in [5.41, 5.74) is 0.753. The summed E-state index contributed by atoms with van der Waals surface area (Å²) >= 11 is 1.55. The first-order valence-corrected chi connectivity index (χ1v) is 12.4. The van der Waals surface area contributed by atoms with Gasteiger partial charge in [-0.25, -0.2) is 8.42 Å². The van der Waals surface area contributed by atoms with Gasteiger partial charge in [-0.05, 0) is 38.3 Å². The molecule has 0 aromatic heterocycles. The first-order valence-electron chi connectivity index (χ1n) is 9.37. The van der Waals surface area contributed by atoms with E-state index in [9.17, 15) is 18.0 Å². The van der Waals surface area contributed by atoms with Crippen LogP contribution in [0, 0.1) is 0 Å². The van der Waals surface area contributed by atoms with Gasteiger partial charge in [0, 0.05) is 17.5 Å². The smallest absolute Gasteiger partial charge is 0.238 e. The minimum absolute atomic E-state index is 0.0361. The van der Waals surface area contributed by atoms with E-state index >= 15 is 0 Å². The van der Waals surface area contributed by atoms with Crippen molar-refractivity contribution in [2.24, 2.45) is 0 Å². The number of rotatable bonds is 9. The van der Waals surface area contributed by atoms with Gasteiger partial charge in [0.15, 0.2) is 9.84 Å². The minimum Gasteiger partial charge on any atom is -0.338 e. The van der Waals surface area contributed by atoms with Crippen LogP contribution in [0.2, 0.25) is 0 Å². The Labute approximate surface area is 171 Å². The minimum atomic E-state index is -3.05. The molecule has 2 amide bonds. The molecule has 0 aliphatic carbocycles. The summed E-state index contributed by atoms with van der Waals surface area (Å²) in [6, 6.07) is 7.30. The summed E-state index contributed by atoms with van der Waals surface area (Å²) < 4.78 is 23.5. The average molecular weight is 428 g/mol. The number of amides is 2. The molecule has 0 spiro atoms. The van der Waals surface area contributed by atoms with E-state index in [4.69, 9.17) is 0 Å². The second kappa shape index (κ2) is 10.3. The Morgan fingerprint density at radius 2 is 1.96 bits per heavy atom. The molecule has 1 saturated heterocycles. The summed E-state index contributed by atoms with van der Waals surface area (Å²) in [4.78, 5) is 29.4. The van der Waals surface area contributed by atoms with Gasteiger partial charge in [-0.3, -0.25) is 14.5 Å². The van der Waals surface area contributed by atoms with Crippen LogP contribution in [0.4, 0.5) is 5.69 Å². The van der Waals surface area contributed by atoms with Crippen molar-refractivity contribution in [2.75, 3.05) is 49.8 Å². The zero-order valence-corrected chi connectivity index (χ0v) is 18.3. The highest BCUT2D eigenvalue weighted by molar-refractivity contribution is 7.98. The Balaban J connectivity index is 1.92. The fourth-order valence-electron chi connectivity index (χ4n) is 3.33. The number of nitrogens with one attached hydrogen (secondary N) is 1. The Morgan fingerprint density at radius 1 is 1.25 bits per heavy atom. The van der Waals surface area contributed by atoms with Crippen LogP contribution in [0.3, 0.4) is 0 Å². The molecule has 1 aliphatic rings. The predicted octanol–water partition coefficient (Wildman–Crippen LogP) is 1.70. The topological polar surface area (TPSA) is 86.8 Å². The highest BCUT2D eigenvalue weighted by atomic mass is 32.2. The summed E-state index contributed by atoms with van der Waals surface area (Å²) in [6.45, 7) is 2.65. The van der Waals surface area contributed by atoms with Gasteiger partial charge in [-0.15, -0.1) is 11.8 Å². The number of thioether (sulfide) groups is 1. The average Bonchev–Trinajstić information content (AvgIpc) is 2.99. The van der Waals surface area contributed by atoms with Crippen LogP contribution in [0.25, 0.3) is 0 Å². The molecule has 7 nitrogen and oxygen atoms in total. The van der Waals surface area contributed by atoms with Gasteiger partial charge in [-0.1, -0.05) is 19.1 Å². The van der Waals surface area contributed by atoms with E-state index in [1.54, 1.807) is 28.6 Å². The molecule has 28 heavy (non-hydrogen) atoms. The van der Waals surface area contributed by atoms with E-state index in [2.05, 4.69) is 5.32 Å². The largest absolute Gasteiger partial charge is 0.338 e. The fraction of sp³-hybridized carbons (Fsp3) is 0.579. The molecule has 1 heterocycles. The summed E-state index contributed by atoms with van der Waals surface area (Å²) in [6.07, 6.45) is 3.20. The lowest BCUT2D eigenvalue weighted by Gasteiger charge is -2.29. The van der Waals surface area contributed by atoms with E-state index in [1.165, 1.54) is 0 Å². The van der Waals surface area contributed by atoms with Crippen LogP contribution in [0.1, 0.15) is 19.8 Å². The third-order valence-corrected chi connectivity index (χ3v) is 7.18. The number of para-hydroxylation sites is 1. The molecule has 1 aromatic carbocycles. The molecule has 9 heteroatoms. The van der Waals surface area contributed by atoms with Gasteiger partial charge in [0.05, 0.1) is 30.3 Å². The summed E-state index contributed by atoms with van der Waals surface area (Å²) in [7, 11) is -1.34. The Hall–Kier alpha value is -1.58. The van der Waals surface area contributed by atoms with Crippen molar-refractivity contribution in [2.45, 2.75) is 30.7 Å². The van der Waals surface area contributed by atoms with Gasteiger partial charge in [0.1, 0.15) is 0 Å². The van der Waals surface area contributed by atoms with Crippen molar-refractivity contribution >= 4 is 39.1 Å². The van der Waals surface area contributed by atoms with Crippen LogP contribution >= 0.6 is 11.8 Å². The number of likely N-dealkylation sites (N-methyl/N-ethyl adjacent to an activating group) is 1. The molecular formula is C19H29N3O4S2. The van der Waals surface area contributed by atoms with E-state index in [-0.39, 0.29) is 42.5 Å². The van der Waals surface area contributed by atoms with Crippen molar-refractivity contribution in [1.29, 1.82) is 0 Å². The lowest BCUT2D eigenvalue weighted by molar-refractivity contribution is -0.134. The molecule has 156 valence electrons. The molecule has 1 fully saturated rings. The highest BCUT2D eigenvalue weighted by Gasteiger charge is 2.34. The molecule has 0 radical (unpaired) electrons. The zero-order valence-electron chi connectivity index (χ0n) is 16.7. The Morgan fingerprint density at radius 3 is 2.57 bits per heavy atom. The van der Waals surface area contributed by atoms with E-state index in [0.717, 1.165) is 17.0 Å². The number of sulfone groups is 1. The third-order valence-electron chi connectivity index (χ3n) is 4.63. The fourth-order valence-corrected chi connectivity index (χ4v) is 5.62. The van der Waals surface area contributed by atoms with Gasteiger partial charge < -0.3 is 10.2 Å². The van der Waals surface area contributed by atoms with Gasteiger partial charge in [-0.2, -0.15) is 0 Å². The number of nitrogens with zero attached hydrogens (tertiary/aromatic N) is 2. The Kier molecular flexibility index (Phi) is 8.33. The molecule has 2 rings (SSSR count). The van der Waals surface area contributed by atoms with E-state index < -0.39 is 9.84 Å². The van der Waals surface area contributed by atoms with Crippen LogP contribution in [0.5, 0.6) is 0 Å². The molecule has 1 aliphatic heterocycles. The first kappa shape index (κ1) is 22.7. The standard InChI is InChI=1S/C19H29N3O4S2/c1-4-10-22(15-9-11-28(25,26)14-15)19(24)13-21(2)12-18(23)20-16-7-5-6-8-17(16)27-3/h5-8,15H,4,9-14H2,1-3H3,(H,20,23)/t15-/m1/s1. The molecular weight excluding hydrogens is 398 g/mol. The maximum atomic E-state index is 12.7. The number of carbonyl (C=O) groups excluding carboxylic acids is 2. The summed E-state index contributed by atoms with van der Waals surface area (Å²) in [5, 5.41) is 2.88. The van der Waals surface area contributed by atoms with Crippen molar-refractivity contribution in [3.8, 4) is 0 Å². The molecule has 0 saturated carbocycles. The lowest BCUT2D eigenvalue weighted by atomic mass is 10.2. The summed E-state index contributed by atoms with van der Waals surface area (Å²) in [5.74, 6) is -0.154. The monoisotopic (exact) mass is 427 g/mol. The predicted molar refractivity (Wildman–Crippen MR) is 113 cm³/mol. The van der Waals surface area contributed by atoms with Crippen LogP contribution < -0.4 is 5.32 Å². The second-order valence-electron chi connectivity index (χ2n) is 7.06. The van der Waals surface area contributed by atoms with E-state index in [0.29, 0.717) is 13.0 Å². The van der Waals surface area contributed by atoms with Gasteiger partial charge >= 0.3 is 0 Å². The molecule has 0 unspecified atom stereocenters. The third kappa shape index (κ3) is 6.49. The van der Waals surface area contributed by atoms with Crippen LogP contribution in [-0.2, 0) is 19.4 Å². The van der Waals surface area contributed by atoms with Crippen molar-refractivity contribution in [3.63, 3.8) is 0 Å². The van der Waals surface area contributed by atoms with E-state index in [1.807, 2.05) is 37.4 Å². The number of hydrogen-bond acceptors (Lipinski definition) is 6.